The summed E-state index contributed by atoms with van der Waals surface area (Å²) in [4.78, 5) is 4.49. The minimum Gasteiger partial charge on any atom is -0.376 e. The van der Waals surface area contributed by atoms with Crippen LogP contribution in [0, 0.1) is 0 Å². The minimum atomic E-state index is -3.49. The van der Waals surface area contributed by atoms with E-state index in [2.05, 4.69) is 15.0 Å². The van der Waals surface area contributed by atoms with Crippen LogP contribution in [0.25, 0.3) is 0 Å². The van der Waals surface area contributed by atoms with Crippen molar-refractivity contribution in [2.24, 2.45) is 0 Å². The lowest BCUT2D eigenvalue weighted by molar-refractivity contribution is 0.584. The Balaban J connectivity index is 2.29. The summed E-state index contributed by atoms with van der Waals surface area (Å²) >= 11 is 1.51. The van der Waals surface area contributed by atoms with E-state index in [0.29, 0.717) is 12.2 Å². The van der Waals surface area contributed by atoms with E-state index in [0.717, 1.165) is 5.69 Å². The van der Waals surface area contributed by atoms with Crippen molar-refractivity contribution in [3.8, 4) is 0 Å². The third kappa shape index (κ3) is 3.36. The number of rotatable bonds is 6. The molecule has 2 rings (SSSR count). The van der Waals surface area contributed by atoms with Crippen LogP contribution in [-0.4, -0.2) is 19.9 Å². The van der Waals surface area contributed by atoms with Crippen LogP contribution >= 0.6 is 11.3 Å². The van der Waals surface area contributed by atoms with Gasteiger partial charge in [0.2, 0.25) is 10.0 Å². The Labute approximate surface area is 123 Å². The molecule has 0 saturated carbocycles. The lowest BCUT2D eigenvalue weighted by Gasteiger charge is -2.16. The van der Waals surface area contributed by atoms with Crippen LogP contribution in [0.5, 0.6) is 0 Å². The number of hydrogen-bond acceptors (Lipinski definition) is 5. The molecule has 0 spiro atoms. The van der Waals surface area contributed by atoms with Gasteiger partial charge in [0.25, 0.3) is 0 Å². The summed E-state index contributed by atoms with van der Waals surface area (Å²) < 4.78 is 26.8. The zero-order valence-corrected chi connectivity index (χ0v) is 13.0. The van der Waals surface area contributed by atoms with E-state index in [1.807, 2.05) is 12.3 Å². The molecule has 2 aromatic rings. The Morgan fingerprint density at radius 2 is 2.10 bits per heavy atom. The lowest BCUT2D eigenvalue weighted by atomic mass is 10.2. The van der Waals surface area contributed by atoms with Crippen LogP contribution in [0.4, 0.5) is 5.69 Å². The molecule has 20 heavy (non-hydrogen) atoms. The normalized spacial score (nSPS) is 13.1. The third-order valence-corrected chi connectivity index (χ3v) is 4.99. The molecule has 0 saturated heterocycles. The van der Waals surface area contributed by atoms with Gasteiger partial charge in [-0.1, -0.05) is 19.1 Å². The number of aromatic nitrogens is 1. The maximum Gasteiger partial charge on any atom is 0.242 e. The van der Waals surface area contributed by atoms with Crippen molar-refractivity contribution in [3.05, 3.63) is 40.8 Å². The zero-order valence-electron chi connectivity index (χ0n) is 11.3. The van der Waals surface area contributed by atoms with Gasteiger partial charge in [-0.25, -0.2) is 18.1 Å². The molecule has 0 bridgehead atoms. The van der Waals surface area contributed by atoms with Crippen molar-refractivity contribution in [1.82, 2.24) is 9.71 Å². The summed E-state index contributed by atoms with van der Waals surface area (Å²) in [5.41, 5.74) is 3.23. The van der Waals surface area contributed by atoms with Gasteiger partial charge >= 0.3 is 0 Å². The van der Waals surface area contributed by atoms with E-state index in [-0.39, 0.29) is 10.9 Å². The number of anilines is 1. The fraction of sp³-hybridized carbons (Fsp3) is 0.308. The molecule has 1 aromatic carbocycles. The largest absolute Gasteiger partial charge is 0.376 e. The quantitative estimate of drug-likeness (QED) is 0.860. The zero-order chi connectivity index (χ0) is 14.6. The van der Waals surface area contributed by atoms with Gasteiger partial charge in [-0.3, -0.25) is 0 Å². The molecule has 108 valence electrons. The van der Waals surface area contributed by atoms with E-state index in [1.165, 1.54) is 11.3 Å². The van der Waals surface area contributed by atoms with Gasteiger partial charge in [0.1, 0.15) is 4.90 Å². The number of thiazole rings is 1. The molecule has 7 heteroatoms. The second-order valence-electron chi connectivity index (χ2n) is 4.28. The SMILES string of the molecule is CCNS(=O)(=O)c1ccccc1NC(C)c1cscn1. The number of para-hydroxylation sites is 1. The summed E-state index contributed by atoms with van der Waals surface area (Å²) in [6.07, 6.45) is 0. The summed E-state index contributed by atoms with van der Waals surface area (Å²) in [6.45, 7) is 4.06. The molecule has 0 aliphatic carbocycles. The van der Waals surface area contributed by atoms with Gasteiger partial charge in [0, 0.05) is 11.9 Å². The molecule has 0 amide bonds. The molecule has 2 N–H and O–H groups in total. The number of hydrogen-bond donors (Lipinski definition) is 2. The number of nitrogens with one attached hydrogen (secondary N) is 2. The Morgan fingerprint density at radius 1 is 1.35 bits per heavy atom. The lowest BCUT2D eigenvalue weighted by Crippen LogP contribution is -2.24. The van der Waals surface area contributed by atoms with Crippen molar-refractivity contribution in [2.75, 3.05) is 11.9 Å². The molecule has 0 radical (unpaired) electrons. The van der Waals surface area contributed by atoms with Crippen molar-refractivity contribution in [1.29, 1.82) is 0 Å². The van der Waals surface area contributed by atoms with Crippen molar-refractivity contribution in [2.45, 2.75) is 24.8 Å². The van der Waals surface area contributed by atoms with Crippen LogP contribution in [0.1, 0.15) is 25.6 Å². The van der Waals surface area contributed by atoms with Crippen LogP contribution in [0.2, 0.25) is 0 Å². The Hall–Kier alpha value is -1.44. The van der Waals surface area contributed by atoms with Gasteiger partial charge in [-0.15, -0.1) is 11.3 Å². The summed E-state index contributed by atoms with van der Waals surface area (Å²) in [5, 5.41) is 5.15. The van der Waals surface area contributed by atoms with Crippen molar-refractivity contribution >= 4 is 27.0 Å². The average Bonchev–Trinajstić information content (AvgIpc) is 2.93. The third-order valence-electron chi connectivity index (χ3n) is 2.78. The van der Waals surface area contributed by atoms with Crippen LogP contribution in [0.3, 0.4) is 0 Å². The molecular formula is C13H17N3O2S2. The molecule has 0 fully saturated rings. The first-order valence-corrected chi connectivity index (χ1v) is 8.70. The van der Waals surface area contributed by atoms with Crippen LogP contribution in [0.15, 0.2) is 40.1 Å². The first-order valence-electron chi connectivity index (χ1n) is 6.28. The minimum absolute atomic E-state index is 0.0563. The molecule has 5 nitrogen and oxygen atoms in total. The predicted molar refractivity (Wildman–Crippen MR) is 81.5 cm³/mol. The van der Waals surface area contributed by atoms with Gasteiger partial charge in [-0.05, 0) is 19.1 Å². The fourth-order valence-corrected chi connectivity index (χ4v) is 3.69. The van der Waals surface area contributed by atoms with E-state index in [4.69, 9.17) is 0 Å². The molecule has 1 unspecified atom stereocenters. The standard InChI is InChI=1S/C13H17N3O2S2/c1-3-15-20(17,18)13-7-5-4-6-11(13)16-10(2)12-8-19-9-14-12/h4-10,15-16H,3H2,1-2H3. The van der Waals surface area contributed by atoms with Gasteiger partial charge in [-0.2, -0.15) is 0 Å². The second kappa shape index (κ2) is 6.34. The molecule has 0 aliphatic heterocycles. The van der Waals surface area contributed by atoms with Crippen LogP contribution in [-0.2, 0) is 10.0 Å². The van der Waals surface area contributed by atoms with E-state index in [1.54, 1.807) is 36.7 Å². The Bertz CT molecular complexity index is 654. The van der Waals surface area contributed by atoms with Gasteiger partial charge in [0.05, 0.1) is 22.9 Å². The molecule has 1 aromatic heterocycles. The van der Waals surface area contributed by atoms with Crippen LogP contribution < -0.4 is 10.0 Å². The topological polar surface area (TPSA) is 71.1 Å². The van der Waals surface area contributed by atoms with E-state index in [9.17, 15) is 8.42 Å². The molecule has 0 aliphatic rings. The maximum absolute atomic E-state index is 12.2. The Morgan fingerprint density at radius 3 is 2.75 bits per heavy atom. The van der Waals surface area contributed by atoms with Crippen molar-refractivity contribution < 1.29 is 8.42 Å². The molecule has 1 heterocycles. The second-order valence-corrected chi connectivity index (χ2v) is 6.73. The van der Waals surface area contributed by atoms with E-state index >= 15 is 0 Å². The summed E-state index contributed by atoms with van der Waals surface area (Å²) in [5.74, 6) is 0. The Kier molecular flexibility index (Phi) is 4.74. The summed E-state index contributed by atoms with van der Waals surface area (Å²) in [7, 11) is -3.49. The maximum atomic E-state index is 12.2. The number of benzene rings is 1. The predicted octanol–water partition coefficient (Wildman–Crippen LogP) is 2.61. The highest BCUT2D eigenvalue weighted by Crippen LogP contribution is 2.25. The number of nitrogens with zero attached hydrogens (tertiary/aromatic N) is 1. The monoisotopic (exact) mass is 311 g/mol. The smallest absolute Gasteiger partial charge is 0.242 e. The average molecular weight is 311 g/mol. The first-order chi connectivity index (χ1) is 9.54. The fourth-order valence-electron chi connectivity index (χ4n) is 1.83. The highest BCUT2D eigenvalue weighted by atomic mass is 32.2. The van der Waals surface area contributed by atoms with Gasteiger partial charge in [0.15, 0.2) is 0 Å². The van der Waals surface area contributed by atoms with Crippen molar-refractivity contribution in [3.63, 3.8) is 0 Å². The van der Waals surface area contributed by atoms with E-state index < -0.39 is 10.0 Å². The highest BCUT2D eigenvalue weighted by molar-refractivity contribution is 7.89. The highest BCUT2D eigenvalue weighted by Gasteiger charge is 2.18. The first kappa shape index (κ1) is 15.0. The molecule has 1 atom stereocenters. The van der Waals surface area contributed by atoms with Gasteiger partial charge < -0.3 is 5.32 Å². The molecular weight excluding hydrogens is 294 g/mol. The summed E-state index contributed by atoms with van der Waals surface area (Å²) in [6, 6.07) is 6.81. The number of sulfonamides is 1.